The van der Waals surface area contributed by atoms with Crippen LogP contribution in [0.4, 0.5) is 0 Å². The number of benzene rings is 1. The van der Waals surface area contributed by atoms with Crippen LogP contribution in [0.3, 0.4) is 0 Å². The Kier molecular flexibility index (Phi) is 6.01. The van der Waals surface area contributed by atoms with Crippen molar-refractivity contribution in [2.24, 2.45) is 0 Å². The van der Waals surface area contributed by atoms with Crippen molar-refractivity contribution < 1.29 is 9.53 Å². The van der Waals surface area contributed by atoms with E-state index < -0.39 is 0 Å². The van der Waals surface area contributed by atoms with Gasteiger partial charge in [-0.05, 0) is 38.5 Å². The molecule has 0 aliphatic rings. The summed E-state index contributed by atoms with van der Waals surface area (Å²) in [5.41, 5.74) is 0.785. The second-order valence-electron chi connectivity index (χ2n) is 5.50. The zero-order valence-electron chi connectivity index (χ0n) is 12.2. The Bertz CT molecular complexity index is 487. The lowest BCUT2D eigenvalue weighted by atomic mass is 10.1. The lowest BCUT2D eigenvalue weighted by molar-refractivity contribution is -0.121. The molecule has 0 bridgehead atoms. The van der Waals surface area contributed by atoms with Crippen LogP contribution in [0.15, 0.2) is 24.3 Å². The van der Waals surface area contributed by atoms with E-state index in [1.165, 1.54) is 0 Å². The fraction of sp³-hybridized carbons (Fsp3) is 0.467. The third-order valence-corrected chi connectivity index (χ3v) is 2.33. The van der Waals surface area contributed by atoms with Gasteiger partial charge in [0.05, 0.1) is 6.54 Å². The number of carbonyl (C=O) groups excluding carboxylic acids is 1. The van der Waals surface area contributed by atoms with Crippen molar-refractivity contribution in [3.63, 3.8) is 0 Å². The molecule has 0 aromatic heterocycles. The molecule has 0 radical (unpaired) electrons. The highest BCUT2D eigenvalue weighted by Crippen LogP contribution is 2.12. The van der Waals surface area contributed by atoms with Crippen molar-refractivity contribution in [3.05, 3.63) is 29.8 Å². The summed E-state index contributed by atoms with van der Waals surface area (Å²) in [5.74, 6) is 0.624. The molecule has 0 unspecified atom stereocenters. The van der Waals surface area contributed by atoms with Gasteiger partial charge in [0.15, 0.2) is 6.61 Å². The molecule has 5 nitrogen and oxygen atoms in total. The van der Waals surface area contributed by atoms with Crippen LogP contribution in [0.1, 0.15) is 26.3 Å². The van der Waals surface area contributed by atoms with Gasteiger partial charge in [0, 0.05) is 12.1 Å². The number of hydrogen-bond acceptors (Lipinski definition) is 4. The second-order valence-corrected chi connectivity index (χ2v) is 5.50. The quantitative estimate of drug-likeness (QED) is 0.827. The number of rotatable bonds is 6. The topological polar surface area (TPSA) is 74.2 Å². The summed E-state index contributed by atoms with van der Waals surface area (Å²) in [7, 11) is 0. The van der Waals surface area contributed by atoms with Gasteiger partial charge >= 0.3 is 0 Å². The third kappa shape index (κ3) is 6.76. The van der Waals surface area contributed by atoms with Crippen LogP contribution in [-0.2, 0) is 11.3 Å². The summed E-state index contributed by atoms with van der Waals surface area (Å²) in [5, 5.41) is 14.4. The maximum Gasteiger partial charge on any atom is 0.234 e. The van der Waals surface area contributed by atoms with E-state index in [4.69, 9.17) is 10.00 Å². The van der Waals surface area contributed by atoms with E-state index in [1.54, 1.807) is 6.07 Å². The lowest BCUT2D eigenvalue weighted by Crippen LogP contribution is -2.44. The van der Waals surface area contributed by atoms with Crippen LogP contribution in [0.25, 0.3) is 0 Å². The summed E-state index contributed by atoms with van der Waals surface area (Å²) in [4.78, 5) is 11.6. The first-order chi connectivity index (χ1) is 9.40. The second kappa shape index (κ2) is 7.51. The Morgan fingerprint density at radius 2 is 2.15 bits per heavy atom. The van der Waals surface area contributed by atoms with Gasteiger partial charge in [0.2, 0.25) is 5.91 Å². The van der Waals surface area contributed by atoms with Crippen LogP contribution in [-0.4, -0.2) is 24.6 Å². The average Bonchev–Trinajstić information content (AvgIpc) is 2.34. The summed E-state index contributed by atoms with van der Waals surface area (Å²) in [6, 6.07) is 9.38. The first-order valence-corrected chi connectivity index (χ1v) is 6.51. The van der Waals surface area contributed by atoms with E-state index in [-0.39, 0.29) is 24.6 Å². The van der Waals surface area contributed by atoms with Crippen molar-refractivity contribution >= 4 is 5.91 Å². The average molecular weight is 275 g/mol. The van der Waals surface area contributed by atoms with Gasteiger partial charge in [0.25, 0.3) is 0 Å². The van der Waals surface area contributed by atoms with Gasteiger partial charge in [-0.3, -0.25) is 4.79 Å². The molecule has 0 saturated heterocycles. The number of carbonyl (C=O) groups is 1. The summed E-state index contributed by atoms with van der Waals surface area (Å²) >= 11 is 0. The number of ether oxygens (including phenoxy) is 1. The van der Waals surface area contributed by atoms with Crippen LogP contribution in [0, 0.1) is 11.3 Å². The van der Waals surface area contributed by atoms with Crippen LogP contribution in [0.5, 0.6) is 5.75 Å². The highest BCUT2D eigenvalue weighted by molar-refractivity contribution is 5.78. The molecule has 0 saturated carbocycles. The zero-order chi connectivity index (χ0) is 15.0. The first kappa shape index (κ1) is 16.0. The monoisotopic (exact) mass is 275 g/mol. The molecule has 0 heterocycles. The molecule has 108 valence electrons. The molecule has 1 aromatic rings. The van der Waals surface area contributed by atoms with Crippen molar-refractivity contribution in [2.45, 2.75) is 32.9 Å². The van der Waals surface area contributed by atoms with Gasteiger partial charge in [-0.15, -0.1) is 0 Å². The van der Waals surface area contributed by atoms with Crippen LogP contribution in [0.2, 0.25) is 0 Å². The number of nitrogens with one attached hydrogen (secondary N) is 2. The minimum Gasteiger partial charge on any atom is -0.479 e. The predicted octanol–water partition coefficient (Wildman–Crippen LogP) is 1.59. The van der Waals surface area contributed by atoms with Crippen molar-refractivity contribution in [3.8, 4) is 11.8 Å². The Labute approximate surface area is 119 Å². The Hall–Kier alpha value is -2.06. The number of nitriles is 1. The van der Waals surface area contributed by atoms with Crippen LogP contribution >= 0.6 is 0 Å². The van der Waals surface area contributed by atoms with Gasteiger partial charge in [-0.25, -0.2) is 0 Å². The van der Waals surface area contributed by atoms with E-state index in [1.807, 2.05) is 45.0 Å². The van der Waals surface area contributed by atoms with E-state index in [2.05, 4.69) is 10.6 Å². The summed E-state index contributed by atoms with van der Waals surface area (Å²) in [6.07, 6.45) is 0. The maximum absolute atomic E-state index is 11.6. The predicted molar refractivity (Wildman–Crippen MR) is 77.2 cm³/mol. The largest absolute Gasteiger partial charge is 0.479 e. The molecule has 1 amide bonds. The minimum absolute atomic E-state index is 0.0326. The smallest absolute Gasteiger partial charge is 0.234 e. The van der Waals surface area contributed by atoms with E-state index >= 15 is 0 Å². The minimum atomic E-state index is -0.218. The Morgan fingerprint density at radius 1 is 1.40 bits per heavy atom. The molecule has 5 heteroatoms. The summed E-state index contributed by atoms with van der Waals surface area (Å²) in [6.45, 7) is 6.70. The van der Waals surface area contributed by atoms with E-state index in [0.29, 0.717) is 12.3 Å². The van der Waals surface area contributed by atoms with E-state index in [0.717, 1.165) is 5.56 Å². The van der Waals surface area contributed by atoms with Crippen molar-refractivity contribution in [1.82, 2.24) is 10.6 Å². The number of amides is 1. The molecular weight excluding hydrogens is 254 g/mol. The molecule has 0 fully saturated rings. The zero-order valence-corrected chi connectivity index (χ0v) is 12.2. The SMILES string of the molecule is CC(C)(C)NC(=O)CNCc1cccc(OCC#N)c1. The molecule has 2 N–H and O–H groups in total. The summed E-state index contributed by atoms with van der Waals surface area (Å²) < 4.78 is 5.22. The van der Waals surface area contributed by atoms with Gasteiger partial charge in [-0.2, -0.15) is 5.26 Å². The highest BCUT2D eigenvalue weighted by atomic mass is 16.5. The molecular formula is C15H21N3O2. The lowest BCUT2D eigenvalue weighted by Gasteiger charge is -2.20. The van der Waals surface area contributed by atoms with Gasteiger partial charge in [-0.1, -0.05) is 12.1 Å². The fourth-order valence-corrected chi connectivity index (χ4v) is 1.64. The van der Waals surface area contributed by atoms with Crippen molar-refractivity contribution in [1.29, 1.82) is 5.26 Å². The van der Waals surface area contributed by atoms with Crippen LogP contribution < -0.4 is 15.4 Å². The van der Waals surface area contributed by atoms with Gasteiger partial charge in [0.1, 0.15) is 11.8 Å². The molecule has 1 aromatic carbocycles. The molecule has 0 aliphatic carbocycles. The van der Waals surface area contributed by atoms with Crippen molar-refractivity contribution in [2.75, 3.05) is 13.2 Å². The first-order valence-electron chi connectivity index (χ1n) is 6.51. The molecule has 1 rings (SSSR count). The fourth-order valence-electron chi connectivity index (χ4n) is 1.64. The molecule has 0 spiro atoms. The third-order valence-electron chi connectivity index (χ3n) is 2.33. The van der Waals surface area contributed by atoms with E-state index in [9.17, 15) is 4.79 Å². The molecule has 20 heavy (non-hydrogen) atoms. The Morgan fingerprint density at radius 3 is 2.80 bits per heavy atom. The highest BCUT2D eigenvalue weighted by Gasteiger charge is 2.12. The molecule has 0 atom stereocenters. The van der Waals surface area contributed by atoms with Gasteiger partial charge < -0.3 is 15.4 Å². The maximum atomic E-state index is 11.6. The number of hydrogen-bond donors (Lipinski definition) is 2. The normalized spacial score (nSPS) is 10.7. The number of nitrogens with zero attached hydrogens (tertiary/aromatic N) is 1. The Balaban J connectivity index is 2.38. The molecule has 0 aliphatic heterocycles. The standard InChI is InChI=1S/C15H21N3O2/c1-15(2,3)18-14(19)11-17-10-12-5-4-6-13(9-12)20-8-7-16/h4-6,9,17H,8,10-11H2,1-3H3,(H,18,19).